The largest absolute Gasteiger partial charge is 0.398 e. The van der Waals surface area contributed by atoms with Crippen LogP contribution in [0.3, 0.4) is 0 Å². The van der Waals surface area contributed by atoms with Crippen LogP contribution < -0.4 is 10.5 Å². The van der Waals surface area contributed by atoms with Gasteiger partial charge in [-0.3, -0.25) is 0 Å². The lowest BCUT2D eigenvalue weighted by molar-refractivity contribution is 0.117. The highest BCUT2D eigenvalue weighted by Gasteiger charge is 2.29. The zero-order valence-electron chi connectivity index (χ0n) is 9.89. The Balaban J connectivity index is 2.25. The molecule has 1 aliphatic heterocycles. The first-order valence-electron chi connectivity index (χ1n) is 5.59. The fourth-order valence-electron chi connectivity index (χ4n) is 1.91. The number of hydrogen-bond donors (Lipinski definition) is 2. The van der Waals surface area contributed by atoms with E-state index in [1.165, 1.54) is 6.07 Å². The van der Waals surface area contributed by atoms with E-state index in [1.54, 1.807) is 12.1 Å². The van der Waals surface area contributed by atoms with Gasteiger partial charge in [-0.1, -0.05) is 15.9 Å². The van der Waals surface area contributed by atoms with Gasteiger partial charge in [0.25, 0.3) is 0 Å². The summed E-state index contributed by atoms with van der Waals surface area (Å²) >= 11 is 3.25. The number of anilines is 1. The number of nitrogens with one attached hydrogen (secondary N) is 1. The summed E-state index contributed by atoms with van der Waals surface area (Å²) in [6.07, 6.45) is 0.563. The van der Waals surface area contributed by atoms with Crippen LogP contribution in [-0.4, -0.2) is 27.2 Å². The summed E-state index contributed by atoms with van der Waals surface area (Å²) < 4.78 is 33.1. The van der Waals surface area contributed by atoms with Crippen LogP contribution in [0.15, 0.2) is 27.6 Å². The van der Waals surface area contributed by atoms with Gasteiger partial charge in [0.15, 0.2) is 0 Å². The van der Waals surface area contributed by atoms with Gasteiger partial charge in [-0.25, -0.2) is 13.1 Å². The fraction of sp³-hybridized carbons (Fsp3) is 0.455. The molecule has 18 heavy (non-hydrogen) atoms. The highest BCUT2D eigenvalue weighted by Crippen LogP contribution is 2.24. The minimum absolute atomic E-state index is 0.102. The molecule has 1 aliphatic rings. The molecule has 1 fully saturated rings. The molecule has 0 amide bonds. The van der Waals surface area contributed by atoms with Crippen LogP contribution in [0.4, 0.5) is 5.69 Å². The second-order valence-corrected chi connectivity index (χ2v) is 6.87. The molecular formula is C11H15BrN2O3S. The minimum atomic E-state index is -3.60. The first kappa shape index (κ1) is 13.8. The number of nitrogens with two attached hydrogens (primary N) is 1. The summed E-state index contributed by atoms with van der Waals surface area (Å²) in [6, 6.07) is 4.52. The number of halogens is 1. The van der Waals surface area contributed by atoms with E-state index >= 15 is 0 Å². The third-order valence-corrected chi connectivity index (χ3v) is 5.00. The van der Waals surface area contributed by atoms with Crippen molar-refractivity contribution in [1.29, 1.82) is 0 Å². The topological polar surface area (TPSA) is 81.4 Å². The lowest BCUT2D eigenvalue weighted by Crippen LogP contribution is -2.39. The van der Waals surface area contributed by atoms with Crippen molar-refractivity contribution in [3.63, 3.8) is 0 Å². The first-order chi connectivity index (χ1) is 8.40. The van der Waals surface area contributed by atoms with Crippen molar-refractivity contribution >= 4 is 31.6 Å². The van der Waals surface area contributed by atoms with Gasteiger partial charge in [0.2, 0.25) is 10.0 Å². The molecule has 0 aliphatic carbocycles. The van der Waals surface area contributed by atoms with E-state index in [9.17, 15) is 8.42 Å². The number of ether oxygens (including phenoxy) is 1. The smallest absolute Gasteiger partial charge is 0.242 e. The lowest BCUT2D eigenvalue weighted by Gasteiger charge is -2.17. The maximum Gasteiger partial charge on any atom is 0.242 e. The van der Waals surface area contributed by atoms with Crippen LogP contribution in [-0.2, 0) is 14.8 Å². The van der Waals surface area contributed by atoms with E-state index in [4.69, 9.17) is 10.5 Å². The molecule has 1 aromatic rings. The number of rotatable bonds is 3. The molecule has 0 spiro atoms. The van der Waals surface area contributed by atoms with Crippen molar-refractivity contribution in [3.8, 4) is 0 Å². The molecule has 100 valence electrons. The fourth-order valence-corrected chi connectivity index (χ4v) is 3.74. The van der Waals surface area contributed by atoms with Crippen molar-refractivity contribution in [3.05, 3.63) is 22.7 Å². The molecule has 2 rings (SSSR count). The summed E-state index contributed by atoms with van der Waals surface area (Å²) in [6.45, 7) is 2.43. The summed E-state index contributed by atoms with van der Waals surface area (Å²) in [5, 5.41) is 0. The SMILES string of the molecule is CC1OCCC1NS(=O)(=O)c1ccc(Br)cc1N. The number of hydrogen-bond acceptors (Lipinski definition) is 4. The summed E-state index contributed by atoms with van der Waals surface area (Å²) in [5.41, 5.74) is 5.96. The van der Waals surface area contributed by atoms with E-state index < -0.39 is 10.0 Å². The van der Waals surface area contributed by atoms with Gasteiger partial charge in [0.1, 0.15) is 4.90 Å². The predicted octanol–water partition coefficient (Wildman–Crippen LogP) is 1.49. The van der Waals surface area contributed by atoms with Crippen LogP contribution >= 0.6 is 15.9 Å². The highest BCUT2D eigenvalue weighted by molar-refractivity contribution is 9.10. The monoisotopic (exact) mass is 334 g/mol. The molecule has 3 N–H and O–H groups in total. The quantitative estimate of drug-likeness (QED) is 0.820. The Labute approximate surface area is 115 Å². The molecule has 0 saturated carbocycles. The van der Waals surface area contributed by atoms with Gasteiger partial charge in [0.05, 0.1) is 17.8 Å². The second kappa shape index (κ2) is 5.16. The molecule has 5 nitrogen and oxygen atoms in total. The van der Waals surface area contributed by atoms with E-state index in [0.717, 1.165) is 4.47 Å². The van der Waals surface area contributed by atoms with Crippen molar-refractivity contribution in [2.75, 3.05) is 12.3 Å². The van der Waals surface area contributed by atoms with E-state index in [1.807, 2.05) is 6.92 Å². The van der Waals surface area contributed by atoms with Gasteiger partial charge < -0.3 is 10.5 Å². The standard InChI is InChI=1S/C11H15BrN2O3S/c1-7-10(4-5-17-7)14-18(15,16)11-3-2-8(12)6-9(11)13/h2-3,6-7,10,14H,4-5,13H2,1H3. The number of benzene rings is 1. The van der Waals surface area contributed by atoms with Crippen LogP contribution in [0.1, 0.15) is 13.3 Å². The van der Waals surface area contributed by atoms with E-state index in [0.29, 0.717) is 13.0 Å². The highest BCUT2D eigenvalue weighted by atomic mass is 79.9. The lowest BCUT2D eigenvalue weighted by atomic mass is 10.2. The van der Waals surface area contributed by atoms with Gasteiger partial charge in [-0.15, -0.1) is 0 Å². The third kappa shape index (κ3) is 2.85. The molecule has 0 bridgehead atoms. The van der Waals surface area contributed by atoms with E-state index in [-0.39, 0.29) is 22.7 Å². The van der Waals surface area contributed by atoms with Crippen molar-refractivity contribution in [2.24, 2.45) is 0 Å². The van der Waals surface area contributed by atoms with Crippen LogP contribution in [0, 0.1) is 0 Å². The molecule has 0 aromatic heterocycles. The van der Waals surface area contributed by atoms with Gasteiger partial charge in [-0.05, 0) is 31.5 Å². The second-order valence-electron chi connectivity index (χ2n) is 4.27. The zero-order valence-corrected chi connectivity index (χ0v) is 12.3. The minimum Gasteiger partial charge on any atom is -0.398 e. The average molecular weight is 335 g/mol. The average Bonchev–Trinajstić information content (AvgIpc) is 2.63. The Hall–Kier alpha value is -0.630. The molecule has 7 heteroatoms. The summed E-state index contributed by atoms with van der Waals surface area (Å²) in [7, 11) is -3.60. The number of sulfonamides is 1. The molecular weight excluding hydrogens is 320 g/mol. The molecule has 2 atom stereocenters. The van der Waals surface area contributed by atoms with Crippen LogP contribution in [0.5, 0.6) is 0 Å². The summed E-state index contributed by atoms with van der Waals surface area (Å²) in [5.74, 6) is 0. The van der Waals surface area contributed by atoms with Gasteiger partial charge in [0, 0.05) is 11.1 Å². The predicted molar refractivity (Wildman–Crippen MR) is 72.7 cm³/mol. The third-order valence-electron chi connectivity index (χ3n) is 2.94. The maximum absolute atomic E-state index is 12.2. The zero-order chi connectivity index (χ0) is 13.3. The van der Waals surface area contributed by atoms with E-state index in [2.05, 4.69) is 20.7 Å². The van der Waals surface area contributed by atoms with Crippen molar-refractivity contribution in [2.45, 2.75) is 30.4 Å². The Morgan fingerprint density at radius 1 is 1.50 bits per heavy atom. The normalized spacial score (nSPS) is 24.3. The number of nitrogen functional groups attached to an aromatic ring is 1. The Bertz CT molecular complexity index is 547. The molecule has 0 radical (unpaired) electrons. The first-order valence-corrected chi connectivity index (χ1v) is 7.87. The maximum atomic E-state index is 12.2. The summed E-state index contributed by atoms with van der Waals surface area (Å²) in [4.78, 5) is 0.102. The van der Waals surface area contributed by atoms with Crippen LogP contribution in [0.2, 0.25) is 0 Å². The van der Waals surface area contributed by atoms with Crippen molar-refractivity contribution in [1.82, 2.24) is 4.72 Å². The van der Waals surface area contributed by atoms with Crippen molar-refractivity contribution < 1.29 is 13.2 Å². The Morgan fingerprint density at radius 2 is 2.22 bits per heavy atom. The van der Waals surface area contributed by atoms with Crippen LogP contribution in [0.25, 0.3) is 0 Å². The van der Waals surface area contributed by atoms with Gasteiger partial charge >= 0.3 is 0 Å². The molecule has 1 aromatic carbocycles. The Morgan fingerprint density at radius 3 is 2.78 bits per heavy atom. The van der Waals surface area contributed by atoms with Gasteiger partial charge in [-0.2, -0.15) is 0 Å². The molecule has 1 heterocycles. The molecule has 2 unspecified atom stereocenters. The Kier molecular flexibility index (Phi) is 3.96. The molecule has 1 saturated heterocycles.